The number of anilines is 1. The fourth-order valence-electron chi connectivity index (χ4n) is 2.83. The largest absolute Gasteiger partial charge is 0.494 e. The average molecular weight is 372 g/mol. The van der Waals surface area contributed by atoms with Gasteiger partial charge in [-0.15, -0.1) is 0 Å². The molecule has 2 aromatic carbocycles. The molecule has 0 amide bonds. The number of nitrogen functional groups attached to an aromatic ring is 1. The van der Waals surface area contributed by atoms with Crippen LogP contribution in [-0.4, -0.2) is 33.0 Å². The van der Waals surface area contributed by atoms with Gasteiger partial charge in [0.2, 0.25) is 0 Å². The highest BCUT2D eigenvalue weighted by molar-refractivity contribution is 5.68. The Bertz CT molecular complexity index is 683. The van der Waals surface area contributed by atoms with Crippen LogP contribution in [0.3, 0.4) is 0 Å². The second-order valence-electron chi connectivity index (χ2n) is 7.06. The molecule has 0 unspecified atom stereocenters. The standard InChI is InChI=1S/C21H27NO3.C2H6/c1-21(15-24-16-21)14-23-10-2-3-11-25-20-9-5-7-18(13-20)17-6-4-8-19(22)12-17;1-2/h4-9,12-13H,2-3,10-11,14-16,22H2,1H3;1-2H3. The van der Waals surface area contributed by atoms with Gasteiger partial charge in [-0.3, -0.25) is 0 Å². The Kier molecular flexibility index (Phi) is 8.62. The Labute approximate surface area is 163 Å². The number of hydrogen-bond acceptors (Lipinski definition) is 4. The summed E-state index contributed by atoms with van der Waals surface area (Å²) in [7, 11) is 0. The van der Waals surface area contributed by atoms with Crippen molar-refractivity contribution in [1.82, 2.24) is 0 Å². The van der Waals surface area contributed by atoms with Crippen LogP contribution < -0.4 is 10.5 Å². The minimum Gasteiger partial charge on any atom is -0.494 e. The van der Waals surface area contributed by atoms with E-state index in [1.54, 1.807) is 0 Å². The molecule has 148 valence electrons. The maximum atomic E-state index is 5.87. The molecular weight excluding hydrogens is 338 g/mol. The molecule has 1 saturated heterocycles. The van der Waals surface area contributed by atoms with Gasteiger partial charge in [0.05, 0.1) is 26.4 Å². The molecule has 0 bridgehead atoms. The van der Waals surface area contributed by atoms with Crippen LogP contribution in [0.5, 0.6) is 5.75 Å². The molecule has 4 nitrogen and oxygen atoms in total. The smallest absolute Gasteiger partial charge is 0.119 e. The van der Waals surface area contributed by atoms with E-state index in [4.69, 9.17) is 19.9 Å². The van der Waals surface area contributed by atoms with Crippen LogP contribution in [0.2, 0.25) is 0 Å². The topological polar surface area (TPSA) is 53.7 Å². The Morgan fingerprint density at radius 2 is 1.63 bits per heavy atom. The van der Waals surface area contributed by atoms with E-state index in [2.05, 4.69) is 25.1 Å². The molecule has 1 fully saturated rings. The third kappa shape index (κ3) is 6.89. The van der Waals surface area contributed by atoms with Gasteiger partial charge in [0.15, 0.2) is 0 Å². The van der Waals surface area contributed by atoms with Crippen LogP contribution in [0.25, 0.3) is 11.1 Å². The molecule has 3 rings (SSSR count). The van der Waals surface area contributed by atoms with Crippen molar-refractivity contribution in [2.75, 3.05) is 38.8 Å². The Morgan fingerprint density at radius 1 is 0.963 bits per heavy atom. The second kappa shape index (κ2) is 11.0. The Hall–Kier alpha value is -2.04. The van der Waals surface area contributed by atoms with Crippen LogP contribution in [0.4, 0.5) is 5.69 Å². The first-order valence-corrected chi connectivity index (χ1v) is 9.89. The van der Waals surface area contributed by atoms with Crippen LogP contribution in [0, 0.1) is 5.41 Å². The molecule has 1 heterocycles. The molecule has 2 N–H and O–H groups in total. The van der Waals surface area contributed by atoms with Gasteiger partial charge >= 0.3 is 0 Å². The molecule has 1 aliphatic heterocycles. The normalized spacial score (nSPS) is 14.6. The quantitative estimate of drug-likeness (QED) is 0.488. The lowest BCUT2D eigenvalue weighted by Crippen LogP contribution is -2.43. The zero-order valence-electron chi connectivity index (χ0n) is 16.9. The summed E-state index contributed by atoms with van der Waals surface area (Å²) < 4.78 is 16.8. The maximum Gasteiger partial charge on any atom is 0.119 e. The number of unbranched alkanes of at least 4 members (excludes halogenated alkanes) is 1. The van der Waals surface area contributed by atoms with Crippen molar-refractivity contribution in [1.29, 1.82) is 0 Å². The highest BCUT2D eigenvalue weighted by atomic mass is 16.5. The summed E-state index contributed by atoms with van der Waals surface area (Å²) in [6.45, 7) is 10.1. The predicted octanol–water partition coefficient (Wildman–Crippen LogP) is 5.17. The third-order valence-electron chi connectivity index (χ3n) is 4.36. The first kappa shape index (κ1) is 21.3. The van der Waals surface area contributed by atoms with E-state index in [1.165, 1.54) is 0 Å². The van der Waals surface area contributed by atoms with Gasteiger partial charge in [-0.25, -0.2) is 0 Å². The summed E-state index contributed by atoms with van der Waals surface area (Å²) in [4.78, 5) is 0. The van der Waals surface area contributed by atoms with Crippen molar-refractivity contribution in [3.8, 4) is 16.9 Å². The molecule has 0 aromatic heterocycles. The first-order valence-electron chi connectivity index (χ1n) is 9.89. The molecule has 0 atom stereocenters. The van der Waals surface area contributed by atoms with Gasteiger partial charge in [0, 0.05) is 17.7 Å². The van der Waals surface area contributed by atoms with Crippen LogP contribution in [-0.2, 0) is 9.47 Å². The molecule has 2 aromatic rings. The first-order chi connectivity index (χ1) is 13.1. The van der Waals surface area contributed by atoms with Crippen LogP contribution in [0.15, 0.2) is 48.5 Å². The molecule has 0 saturated carbocycles. The van der Waals surface area contributed by atoms with E-state index in [-0.39, 0.29) is 5.41 Å². The highest BCUT2D eigenvalue weighted by Gasteiger charge is 2.33. The number of rotatable bonds is 9. The van der Waals surface area contributed by atoms with Gasteiger partial charge in [-0.05, 0) is 48.2 Å². The Morgan fingerprint density at radius 3 is 2.30 bits per heavy atom. The minimum absolute atomic E-state index is 0.234. The summed E-state index contributed by atoms with van der Waals surface area (Å²) >= 11 is 0. The van der Waals surface area contributed by atoms with Gasteiger partial charge in [0.1, 0.15) is 5.75 Å². The fraction of sp³-hybridized carbons (Fsp3) is 0.478. The van der Waals surface area contributed by atoms with E-state index in [0.717, 1.165) is 61.8 Å². The zero-order valence-corrected chi connectivity index (χ0v) is 16.9. The monoisotopic (exact) mass is 371 g/mol. The molecule has 0 spiro atoms. The van der Waals surface area contributed by atoms with Crippen molar-refractivity contribution in [2.24, 2.45) is 5.41 Å². The molecule has 0 radical (unpaired) electrons. The van der Waals surface area contributed by atoms with Gasteiger partial charge < -0.3 is 19.9 Å². The number of benzene rings is 2. The lowest BCUT2D eigenvalue weighted by atomic mass is 9.90. The predicted molar refractivity (Wildman–Crippen MR) is 112 cm³/mol. The average Bonchev–Trinajstić information content (AvgIpc) is 2.68. The Balaban J connectivity index is 0.00000126. The summed E-state index contributed by atoms with van der Waals surface area (Å²) in [6, 6.07) is 16.0. The molecular formula is C23H33NO3. The van der Waals surface area contributed by atoms with E-state index >= 15 is 0 Å². The van der Waals surface area contributed by atoms with Gasteiger partial charge in [0.25, 0.3) is 0 Å². The SMILES string of the molecule is CC.CC1(COCCCCOc2cccc(-c3cccc(N)c3)c2)COC1. The van der Waals surface area contributed by atoms with Crippen molar-refractivity contribution in [2.45, 2.75) is 33.6 Å². The minimum atomic E-state index is 0.234. The maximum absolute atomic E-state index is 5.87. The zero-order chi connectivity index (χ0) is 19.5. The lowest BCUT2D eigenvalue weighted by Gasteiger charge is -2.37. The summed E-state index contributed by atoms with van der Waals surface area (Å²) in [5.41, 5.74) is 9.08. The second-order valence-corrected chi connectivity index (χ2v) is 7.06. The van der Waals surface area contributed by atoms with E-state index in [9.17, 15) is 0 Å². The number of hydrogen-bond donors (Lipinski definition) is 1. The molecule has 1 aliphatic rings. The van der Waals surface area contributed by atoms with Crippen LogP contribution in [0.1, 0.15) is 33.6 Å². The lowest BCUT2D eigenvalue weighted by molar-refractivity contribution is -0.138. The van der Waals surface area contributed by atoms with Crippen molar-refractivity contribution in [3.05, 3.63) is 48.5 Å². The molecule has 0 aliphatic carbocycles. The fourth-order valence-corrected chi connectivity index (χ4v) is 2.83. The van der Waals surface area contributed by atoms with Crippen molar-refractivity contribution in [3.63, 3.8) is 0 Å². The van der Waals surface area contributed by atoms with Crippen molar-refractivity contribution < 1.29 is 14.2 Å². The van der Waals surface area contributed by atoms with Crippen molar-refractivity contribution >= 4 is 5.69 Å². The summed E-state index contributed by atoms with van der Waals surface area (Å²) in [5.74, 6) is 0.889. The number of ether oxygens (including phenoxy) is 3. The third-order valence-corrected chi connectivity index (χ3v) is 4.36. The summed E-state index contributed by atoms with van der Waals surface area (Å²) in [6.07, 6.45) is 1.99. The van der Waals surface area contributed by atoms with Crippen LogP contribution >= 0.6 is 0 Å². The van der Waals surface area contributed by atoms with E-state index < -0.39 is 0 Å². The van der Waals surface area contributed by atoms with E-state index in [1.807, 2.05) is 44.2 Å². The summed E-state index contributed by atoms with van der Waals surface area (Å²) in [5, 5.41) is 0. The van der Waals surface area contributed by atoms with Gasteiger partial charge in [-0.2, -0.15) is 0 Å². The molecule has 4 heteroatoms. The highest BCUT2D eigenvalue weighted by Crippen LogP contribution is 2.27. The number of nitrogens with two attached hydrogens (primary N) is 1. The molecule has 27 heavy (non-hydrogen) atoms. The van der Waals surface area contributed by atoms with E-state index in [0.29, 0.717) is 6.61 Å². The van der Waals surface area contributed by atoms with Gasteiger partial charge in [-0.1, -0.05) is 45.0 Å².